The van der Waals surface area contributed by atoms with Gasteiger partial charge in [0, 0.05) is 18.7 Å². The van der Waals surface area contributed by atoms with Crippen LogP contribution < -0.4 is 10.2 Å². The maximum Gasteiger partial charge on any atom is 0.271 e. The van der Waals surface area contributed by atoms with Gasteiger partial charge >= 0.3 is 0 Å². The number of nitrogens with one attached hydrogen (secondary N) is 1. The molecular formula is C21H22FN3O3. The molecule has 1 N–H and O–H groups in total. The van der Waals surface area contributed by atoms with Crippen LogP contribution in [-0.2, 0) is 4.79 Å². The first-order valence-electron chi connectivity index (χ1n) is 9.14. The molecule has 0 radical (unpaired) electrons. The van der Waals surface area contributed by atoms with E-state index in [1.54, 1.807) is 31.2 Å². The monoisotopic (exact) mass is 383 g/mol. The van der Waals surface area contributed by atoms with E-state index in [2.05, 4.69) is 10.5 Å². The van der Waals surface area contributed by atoms with Crippen molar-refractivity contribution in [2.75, 3.05) is 19.7 Å². The Balaban J connectivity index is 1.53. The molecule has 0 saturated carbocycles. The second kappa shape index (κ2) is 9.12. The molecule has 0 spiro atoms. The average Bonchev–Trinajstić information content (AvgIpc) is 3.26. The summed E-state index contributed by atoms with van der Waals surface area (Å²) < 4.78 is 18.5. The summed E-state index contributed by atoms with van der Waals surface area (Å²) in [6.45, 7) is 3.40. The van der Waals surface area contributed by atoms with Gasteiger partial charge < -0.3 is 9.64 Å². The first kappa shape index (κ1) is 19.5. The summed E-state index contributed by atoms with van der Waals surface area (Å²) in [6, 6.07) is 12.4. The van der Waals surface area contributed by atoms with E-state index < -0.39 is 11.7 Å². The molecule has 2 amide bonds. The Hall–Kier alpha value is -3.22. The molecule has 0 aliphatic carbocycles. The molecule has 2 aromatic rings. The lowest BCUT2D eigenvalue weighted by Crippen LogP contribution is -2.32. The van der Waals surface area contributed by atoms with Gasteiger partial charge in [-0.05, 0) is 73.9 Å². The van der Waals surface area contributed by atoms with Gasteiger partial charge in [-0.2, -0.15) is 5.10 Å². The maximum absolute atomic E-state index is 12.9. The number of likely N-dealkylation sites (tertiary alicyclic amines) is 1. The third kappa shape index (κ3) is 5.16. The fourth-order valence-electron chi connectivity index (χ4n) is 2.86. The van der Waals surface area contributed by atoms with Crippen molar-refractivity contribution in [1.82, 2.24) is 10.3 Å². The van der Waals surface area contributed by atoms with Crippen molar-refractivity contribution < 1.29 is 18.7 Å². The minimum Gasteiger partial charge on any atom is -0.484 e. The van der Waals surface area contributed by atoms with Gasteiger partial charge in [0.1, 0.15) is 11.6 Å². The highest BCUT2D eigenvalue weighted by Gasteiger charge is 2.18. The van der Waals surface area contributed by atoms with E-state index in [0.717, 1.165) is 31.5 Å². The number of benzene rings is 2. The normalized spacial score (nSPS) is 14.1. The van der Waals surface area contributed by atoms with Gasteiger partial charge in [0.05, 0.1) is 5.71 Å². The molecule has 1 aliphatic rings. The number of halogens is 1. The zero-order valence-corrected chi connectivity index (χ0v) is 15.7. The van der Waals surface area contributed by atoms with Crippen LogP contribution in [0.25, 0.3) is 0 Å². The molecule has 28 heavy (non-hydrogen) atoms. The summed E-state index contributed by atoms with van der Waals surface area (Å²) in [4.78, 5) is 25.8. The van der Waals surface area contributed by atoms with E-state index in [9.17, 15) is 14.0 Å². The molecule has 6 nitrogen and oxygen atoms in total. The molecule has 0 aromatic heterocycles. The Bertz CT molecular complexity index is 857. The van der Waals surface area contributed by atoms with Crippen molar-refractivity contribution in [3.8, 4) is 5.75 Å². The van der Waals surface area contributed by atoms with Crippen molar-refractivity contribution in [2.45, 2.75) is 19.8 Å². The zero-order chi connectivity index (χ0) is 19.9. The van der Waals surface area contributed by atoms with E-state index in [1.165, 1.54) is 24.3 Å². The second-order valence-electron chi connectivity index (χ2n) is 6.55. The molecule has 0 bridgehead atoms. The molecule has 2 aromatic carbocycles. The smallest absolute Gasteiger partial charge is 0.271 e. The second-order valence-corrected chi connectivity index (χ2v) is 6.55. The van der Waals surface area contributed by atoms with Crippen LogP contribution >= 0.6 is 0 Å². The van der Waals surface area contributed by atoms with Crippen molar-refractivity contribution in [3.05, 3.63) is 65.5 Å². The standard InChI is InChI=1S/C21H22FN3O3/c1-15(23-24-21(27)17-4-8-18(22)9-5-17)16-6-10-19(11-7-16)28-14-20(26)25-12-2-3-13-25/h4-11H,2-3,12-14H2,1H3,(H,24,27)/b23-15-. The molecule has 7 heteroatoms. The molecule has 1 fully saturated rings. The lowest BCUT2D eigenvalue weighted by Gasteiger charge is -2.15. The molecule has 1 saturated heterocycles. The molecule has 146 valence electrons. The Kier molecular flexibility index (Phi) is 6.37. The minimum absolute atomic E-state index is 0.00262. The molecule has 0 atom stereocenters. The number of amides is 2. The van der Waals surface area contributed by atoms with Gasteiger partial charge in [0.15, 0.2) is 6.61 Å². The highest BCUT2D eigenvalue weighted by atomic mass is 19.1. The van der Waals surface area contributed by atoms with Crippen LogP contribution in [0.4, 0.5) is 4.39 Å². The third-order valence-corrected chi connectivity index (χ3v) is 4.52. The summed E-state index contributed by atoms with van der Waals surface area (Å²) in [5.74, 6) is -0.220. The summed E-state index contributed by atoms with van der Waals surface area (Å²) in [5, 5.41) is 4.07. The Morgan fingerprint density at radius 1 is 1.04 bits per heavy atom. The van der Waals surface area contributed by atoms with Gasteiger partial charge in [-0.25, -0.2) is 9.82 Å². The number of carbonyl (C=O) groups excluding carboxylic acids is 2. The number of hydrogen-bond donors (Lipinski definition) is 1. The Labute approximate surface area is 163 Å². The predicted molar refractivity (Wildman–Crippen MR) is 104 cm³/mol. The summed E-state index contributed by atoms with van der Waals surface area (Å²) in [5.41, 5.74) is 4.18. The van der Waals surface area contributed by atoms with E-state index >= 15 is 0 Å². The fourth-order valence-corrected chi connectivity index (χ4v) is 2.86. The Morgan fingerprint density at radius 2 is 1.64 bits per heavy atom. The number of rotatable bonds is 6. The van der Waals surface area contributed by atoms with E-state index in [4.69, 9.17) is 4.74 Å². The number of nitrogens with zero attached hydrogens (tertiary/aromatic N) is 2. The van der Waals surface area contributed by atoms with Gasteiger partial charge in [-0.1, -0.05) is 0 Å². The van der Waals surface area contributed by atoms with Crippen LogP contribution in [0, 0.1) is 5.82 Å². The molecule has 3 rings (SSSR count). The van der Waals surface area contributed by atoms with Crippen molar-refractivity contribution in [3.63, 3.8) is 0 Å². The summed E-state index contributed by atoms with van der Waals surface area (Å²) in [7, 11) is 0. The topological polar surface area (TPSA) is 71.0 Å². The van der Waals surface area contributed by atoms with Crippen molar-refractivity contribution in [2.24, 2.45) is 5.10 Å². The third-order valence-electron chi connectivity index (χ3n) is 4.52. The fraction of sp³-hybridized carbons (Fsp3) is 0.286. The van der Waals surface area contributed by atoms with Crippen LogP contribution in [0.2, 0.25) is 0 Å². The number of hydrogen-bond acceptors (Lipinski definition) is 4. The van der Waals surface area contributed by atoms with Crippen LogP contribution in [0.3, 0.4) is 0 Å². The Morgan fingerprint density at radius 3 is 2.29 bits per heavy atom. The minimum atomic E-state index is -0.417. The number of hydrazone groups is 1. The first-order valence-corrected chi connectivity index (χ1v) is 9.14. The lowest BCUT2D eigenvalue weighted by atomic mass is 10.1. The number of carbonyl (C=O) groups is 2. The van der Waals surface area contributed by atoms with Gasteiger partial charge in [0.25, 0.3) is 11.8 Å². The van der Waals surface area contributed by atoms with Crippen LogP contribution in [0.5, 0.6) is 5.75 Å². The van der Waals surface area contributed by atoms with E-state index in [-0.39, 0.29) is 12.5 Å². The summed E-state index contributed by atoms with van der Waals surface area (Å²) >= 11 is 0. The van der Waals surface area contributed by atoms with Crippen LogP contribution in [-0.4, -0.2) is 42.1 Å². The van der Waals surface area contributed by atoms with Crippen LogP contribution in [0.15, 0.2) is 53.6 Å². The van der Waals surface area contributed by atoms with E-state index in [1.807, 2.05) is 4.90 Å². The molecule has 0 unspecified atom stereocenters. The average molecular weight is 383 g/mol. The lowest BCUT2D eigenvalue weighted by molar-refractivity contribution is -0.132. The number of ether oxygens (including phenoxy) is 1. The SMILES string of the molecule is C/C(=N/NC(=O)c1ccc(F)cc1)c1ccc(OCC(=O)N2CCCC2)cc1. The van der Waals surface area contributed by atoms with Gasteiger partial charge in [-0.15, -0.1) is 0 Å². The largest absolute Gasteiger partial charge is 0.484 e. The molecule has 1 heterocycles. The van der Waals surface area contributed by atoms with Crippen LogP contribution in [0.1, 0.15) is 35.7 Å². The van der Waals surface area contributed by atoms with Gasteiger partial charge in [-0.3, -0.25) is 9.59 Å². The highest BCUT2D eigenvalue weighted by molar-refractivity contribution is 6.00. The zero-order valence-electron chi connectivity index (χ0n) is 15.7. The predicted octanol–water partition coefficient (Wildman–Crippen LogP) is 2.98. The maximum atomic E-state index is 12.9. The van der Waals surface area contributed by atoms with Gasteiger partial charge in [0.2, 0.25) is 0 Å². The van der Waals surface area contributed by atoms with E-state index in [0.29, 0.717) is 17.0 Å². The molecule has 1 aliphatic heterocycles. The summed E-state index contributed by atoms with van der Waals surface area (Å²) in [6.07, 6.45) is 2.10. The highest BCUT2D eigenvalue weighted by Crippen LogP contribution is 2.14. The quantitative estimate of drug-likeness (QED) is 0.616. The first-order chi connectivity index (χ1) is 13.5. The van der Waals surface area contributed by atoms with Crippen molar-refractivity contribution in [1.29, 1.82) is 0 Å². The van der Waals surface area contributed by atoms with Crippen molar-refractivity contribution >= 4 is 17.5 Å². The molecular weight excluding hydrogens is 361 g/mol.